The first-order valence-corrected chi connectivity index (χ1v) is 7.39. The van der Waals surface area contributed by atoms with Crippen LogP contribution in [0.2, 0.25) is 0 Å². The maximum atomic E-state index is 12.2. The van der Waals surface area contributed by atoms with Crippen LogP contribution >= 0.6 is 0 Å². The van der Waals surface area contributed by atoms with Crippen LogP contribution in [0.4, 0.5) is 0 Å². The third-order valence-corrected chi connectivity index (χ3v) is 4.07. The van der Waals surface area contributed by atoms with E-state index in [1.807, 2.05) is 62.4 Å². The van der Waals surface area contributed by atoms with Crippen LogP contribution in [0.25, 0.3) is 0 Å². The molecule has 3 nitrogen and oxygen atoms in total. The molecular weight excluding hydrogens is 270 g/mol. The van der Waals surface area contributed by atoms with E-state index in [0.29, 0.717) is 4.90 Å². The lowest BCUT2D eigenvalue weighted by atomic mass is 10.1. The van der Waals surface area contributed by atoms with Crippen molar-refractivity contribution in [3.63, 3.8) is 0 Å². The Morgan fingerprint density at radius 1 is 1.05 bits per heavy atom. The number of hydrogen-bond acceptors (Lipinski definition) is 2. The number of hydrogen-bond donors (Lipinski definition) is 0. The second kappa shape index (κ2) is 6.48. The molecule has 0 aliphatic carbocycles. The van der Waals surface area contributed by atoms with Gasteiger partial charge in [0.05, 0.1) is 17.7 Å². The summed E-state index contributed by atoms with van der Waals surface area (Å²) in [6, 6.07) is 15.1. The van der Waals surface area contributed by atoms with Gasteiger partial charge in [0.25, 0.3) is 0 Å². The van der Waals surface area contributed by atoms with Gasteiger partial charge in [-0.1, -0.05) is 17.7 Å². The molecule has 2 aromatic carbocycles. The fraction of sp³-hybridized carbons (Fsp3) is 0.188. The first-order valence-electron chi connectivity index (χ1n) is 6.28. The van der Waals surface area contributed by atoms with Crippen molar-refractivity contribution in [2.75, 3.05) is 7.11 Å². The Labute approximate surface area is 121 Å². The summed E-state index contributed by atoms with van der Waals surface area (Å²) in [6.07, 6.45) is 0. The normalized spacial score (nSPS) is 13.1. The van der Waals surface area contributed by atoms with Gasteiger partial charge >= 0.3 is 0 Å². The van der Waals surface area contributed by atoms with Crippen molar-refractivity contribution in [1.29, 1.82) is 0 Å². The summed E-state index contributed by atoms with van der Waals surface area (Å²) in [5, 5.41) is 0. The highest BCUT2D eigenvalue weighted by molar-refractivity contribution is 7.83. The monoisotopic (exact) mass is 287 g/mol. The molecule has 0 spiro atoms. The maximum Gasteiger partial charge on any atom is 0.172 e. The van der Waals surface area contributed by atoms with E-state index in [9.17, 15) is 4.21 Å². The van der Waals surface area contributed by atoms with E-state index in [2.05, 4.69) is 4.40 Å². The number of rotatable bonds is 4. The van der Waals surface area contributed by atoms with E-state index >= 15 is 0 Å². The minimum Gasteiger partial charge on any atom is -0.497 e. The third kappa shape index (κ3) is 3.54. The zero-order chi connectivity index (χ0) is 14.5. The van der Waals surface area contributed by atoms with E-state index in [4.69, 9.17) is 4.74 Å². The zero-order valence-electron chi connectivity index (χ0n) is 11.8. The van der Waals surface area contributed by atoms with Crippen LogP contribution in [0.5, 0.6) is 5.75 Å². The summed E-state index contributed by atoms with van der Waals surface area (Å²) in [5.74, 6) is 0.793. The summed E-state index contributed by atoms with van der Waals surface area (Å²) < 4.78 is 21.5. The van der Waals surface area contributed by atoms with Crippen LogP contribution in [0, 0.1) is 6.92 Å². The number of aryl methyl sites for hydroxylation is 1. The van der Waals surface area contributed by atoms with Gasteiger partial charge in [-0.05, 0) is 55.8 Å². The Morgan fingerprint density at radius 3 is 2.20 bits per heavy atom. The summed E-state index contributed by atoms with van der Waals surface area (Å²) in [6.45, 7) is 3.85. The molecular formula is C16H17NO2S. The van der Waals surface area contributed by atoms with E-state index in [1.165, 1.54) is 0 Å². The Hall–Kier alpha value is -1.94. The van der Waals surface area contributed by atoms with E-state index in [0.717, 1.165) is 22.6 Å². The first-order chi connectivity index (χ1) is 9.60. The molecule has 2 rings (SSSR count). The van der Waals surface area contributed by atoms with Gasteiger partial charge < -0.3 is 4.74 Å². The summed E-state index contributed by atoms with van der Waals surface area (Å²) in [7, 11) is 0.255. The average molecular weight is 287 g/mol. The summed E-state index contributed by atoms with van der Waals surface area (Å²) >= 11 is 0. The third-order valence-electron chi connectivity index (χ3n) is 2.95. The van der Waals surface area contributed by atoms with Crippen molar-refractivity contribution in [3.8, 4) is 5.75 Å². The Kier molecular flexibility index (Phi) is 4.69. The molecule has 0 aliphatic rings. The molecule has 0 amide bonds. The van der Waals surface area contributed by atoms with Gasteiger partial charge in [-0.2, -0.15) is 4.40 Å². The molecule has 0 heterocycles. The minimum atomic E-state index is -1.37. The van der Waals surface area contributed by atoms with Crippen LogP contribution < -0.4 is 4.74 Å². The molecule has 2 aromatic rings. The lowest BCUT2D eigenvalue weighted by molar-refractivity contribution is 0.415. The molecule has 0 aliphatic heterocycles. The van der Waals surface area contributed by atoms with Crippen molar-refractivity contribution in [2.24, 2.45) is 4.40 Å². The molecule has 0 aromatic heterocycles. The number of methoxy groups -OCH3 is 1. The fourth-order valence-electron chi connectivity index (χ4n) is 1.72. The predicted octanol–water partition coefficient (Wildman–Crippen LogP) is 3.54. The standard InChI is InChI=1S/C16H17NO2S/c1-12-4-10-16(11-5-12)20(18)17-13(2)14-6-8-15(19-3)9-7-14/h4-11H,1-3H3/b17-13+/t20-/m0/s1. The van der Waals surface area contributed by atoms with Gasteiger partial charge in [0.1, 0.15) is 5.75 Å². The molecule has 0 bridgehead atoms. The Balaban J connectivity index is 2.20. The van der Waals surface area contributed by atoms with Gasteiger partial charge in [-0.3, -0.25) is 0 Å². The van der Waals surface area contributed by atoms with Crippen molar-refractivity contribution in [3.05, 3.63) is 59.7 Å². The molecule has 20 heavy (non-hydrogen) atoms. The molecule has 0 unspecified atom stereocenters. The summed E-state index contributed by atoms with van der Waals surface area (Å²) in [5.41, 5.74) is 2.82. The molecule has 4 heteroatoms. The Morgan fingerprint density at radius 2 is 1.65 bits per heavy atom. The highest BCUT2D eigenvalue weighted by atomic mass is 32.2. The van der Waals surface area contributed by atoms with Gasteiger partial charge in [0.2, 0.25) is 0 Å². The van der Waals surface area contributed by atoms with E-state index in [-0.39, 0.29) is 0 Å². The fourth-order valence-corrected chi connectivity index (χ4v) is 2.55. The number of ether oxygens (including phenoxy) is 1. The Bertz CT molecular complexity index is 631. The quantitative estimate of drug-likeness (QED) is 0.807. The average Bonchev–Trinajstić information content (AvgIpc) is 2.48. The minimum absolute atomic E-state index is 0.712. The first kappa shape index (κ1) is 14.5. The van der Waals surface area contributed by atoms with Crippen molar-refractivity contribution in [2.45, 2.75) is 18.7 Å². The molecule has 0 fully saturated rings. The van der Waals surface area contributed by atoms with Gasteiger partial charge in [0.15, 0.2) is 11.0 Å². The number of nitrogens with zero attached hydrogens (tertiary/aromatic N) is 1. The van der Waals surface area contributed by atoms with Crippen molar-refractivity contribution in [1.82, 2.24) is 0 Å². The highest BCUT2D eigenvalue weighted by Gasteiger charge is 2.04. The smallest absolute Gasteiger partial charge is 0.172 e. The lowest BCUT2D eigenvalue weighted by Crippen LogP contribution is -1.98. The van der Waals surface area contributed by atoms with Gasteiger partial charge in [-0.25, -0.2) is 4.21 Å². The molecule has 0 saturated carbocycles. The zero-order valence-corrected chi connectivity index (χ0v) is 12.6. The van der Waals surface area contributed by atoms with Crippen LogP contribution in [-0.2, 0) is 11.0 Å². The van der Waals surface area contributed by atoms with E-state index < -0.39 is 11.0 Å². The predicted molar refractivity (Wildman–Crippen MR) is 82.8 cm³/mol. The van der Waals surface area contributed by atoms with Crippen LogP contribution in [0.15, 0.2) is 57.8 Å². The largest absolute Gasteiger partial charge is 0.497 e. The van der Waals surface area contributed by atoms with Crippen LogP contribution in [0.3, 0.4) is 0 Å². The number of benzene rings is 2. The summed E-state index contributed by atoms with van der Waals surface area (Å²) in [4.78, 5) is 0.712. The molecule has 0 radical (unpaired) electrons. The van der Waals surface area contributed by atoms with Gasteiger partial charge in [-0.15, -0.1) is 0 Å². The van der Waals surface area contributed by atoms with Crippen molar-refractivity contribution < 1.29 is 8.95 Å². The topological polar surface area (TPSA) is 38.7 Å². The molecule has 0 N–H and O–H groups in total. The second-order valence-electron chi connectivity index (χ2n) is 4.47. The molecule has 0 saturated heterocycles. The lowest BCUT2D eigenvalue weighted by Gasteiger charge is -2.03. The SMILES string of the molecule is COc1ccc(/C(C)=N/[S@@](=O)c2ccc(C)cc2)cc1. The highest BCUT2D eigenvalue weighted by Crippen LogP contribution is 2.14. The molecule has 1 atom stereocenters. The second-order valence-corrected chi connectivity index (χ2v) is 5.62. The van der Waals surface area contributed by atoms with Crippen molar-refractivity contribution >= 4 is 16.7 Å². The van der Waals surface area contributed by atoms with Crippen LogP contribution in [-0.4, -0.2) is 17.0 Å². The van der Waals surface area contributed by atoms with Crippen LogP contribution in [0.1, 0.15) is 18.1 Å². The molecule has 104 valence electrons. The van der Waals surface area contributed by atoms with E-state index in [1.54, 1.807) is 7.11 Å². The van der Waals surface area contributed by atoms with Gasteiger partial charge in [0, 0.05) is 0 Å². The maximum absolute atomic E-state index is 12.2.